The number of H-pyrrole nitrogens is 1. The molecule has 1 unspecified atom stereocenters. The lowest BCUT2D eigenvalue weighted by atomic mass is 10.2. The van der Waals surface area contributed by atoms with Gasteiger partial charge in [0.2, 0.25) is 9.84 Å². The van der Waals surface area contributed by atoms with Gasteiger partial charge in [-0.25, -0.2) is 23.0 Å². The van der Waals surface area contributed by atoms with Gasteiger partial charge in [0, 0.05) is 0 Å². The van der Waals surface area contributed by atoms with Crippen LogP contribution in [0.25, 0.3) is 0 Å². The Labute approximate surface area is 149 Å². The van der Waals surface area contributed by atoms with Gasteiger partial charge in [0.05, 0.1) is 5.75 Å². The van der Waals surface area contributed by atoms with Crippen LogP contribution in [0.1, 0.15) is 18.4 Å². The fourth-order valence-electron chi connectivity index (χ4n) is 2.08. The van der Waals surface area contributed by atoms with Crippen LogP contribution >= 0.6 is 0 Å². The third kappa shape index (κ3) is 5.84. The molecule has 0 aliphatic rings. The summed E-state index contributed by atoms with van der Waals surface area (Å²) in [5.74, 6) is -1.62. The number of sulfone groups is 1. The molecule has 0 bridgehead atoms. The number of carboxylic acid groups (broad SMARTS) is 1. The highest BCUT2D eigenvalue weighted by molar-refractivity contribution is 7.91. The number of ether oxygens (including phenoxy) is 1. The zero-order valence-electron chi connectivity index (χ0n) is 13.7. The van der Waals surface area contributed by atoms with E-state index in [4.69, 9.17) is 4.74 Å². The van der Waals surface area contributed by atoms with Crippen molar-refractivity contribution in [3.8, 4) is 0 Å². The van der Waals surface area contributed by atoms with Gasteiger partial charge in [-0.15, -0.1) is 5.10 Å². The summed E-state index contributed by atoms with van der Waals surface area (Å²) in [6, 6.07) is 7.64. The fourth-order valence-corrected chi connectivity index (χ4v) is 3.21. The van der Waals surface area contributed by atoms with Crippen molar-refractivity contribution in [1.82, 2.24) is 20.5 Å². The second-order valence-electron chi connectivity index (χ2n) is 5.34. The van der Waals surface area contributed by atoms with E-state index in [1.807, 2.05) is 6.07 Å². The number of carbonyl (C=O) groups is 2. The quantitative estimate of drug-likeness (QED) is 0.574. The van der Waals surface area contributed by atoms with Crippen molar-refractivity contribution >= 4 is 21.9 Å². The number of alkyl carbamates (subject to hydrolysis) is 1. The zero-order chi connectivity index (χ0) is 19.0. The van der Waals surface area contributed by atoms with E-state index in [-0.39, 0.29) is 30.4 Å². The predicted molar refractivity (Wildman–Crippen MR) is 88.9 cm³/mol. The lowest BCUT2D eigenvalue weighted by Gasteiger charge is -2.14. The molecule has 0 aliphatic carbocycles. The highest BCUT2D eigenvalue weighted by atomic mass is 32.2. The maximum absolute atomic E-state index is 11.9. The van der Waals surface area contributed by atoms with Crippen molar-refractivity contribution in [2.45, 2.75) is 30.6 Å². The molecule has 3 N–H and O–H groups in total. The molecule has 0 aliphatic heterocycles. The van der Waals surface area contributed by atoms with E-state index < -0.39 is 27.9 Å². The average molecular weight is 382 g/mol. The minimum atomic E-state index is -3.70. The summed E-state index contributed by atoms with van der Waals surface area (Å²) in [6.45, 7) is -0.00177. The number of aromatic nitrogens is 3. The van der Waals surface area contributed by atoms with Crippen molar-refractivity contribution < 1.29 is 27.9 Å². The number of benzene rings is 1. The zero-order valence-corrected chi connectivity index (χ0v) is 14.5. The van der Waals surface area contributed by atoms with Gasteiger partial charge in [0.15, 0.2) is 0 Å². The monoisotopic (exact) mass is 382 g/mol. The van der Waals surface area contributed by atoms with E-state index in [1.54, 1.807) is 24.3 Å². The van der Waals surface area contributed by atoms with Crippen LogP contribution in [-0.2, 0) is 26.0 Å². The fraction of sp³-hybridized carbons (Fsp3) is 0.333. The molecule has 1 aromatic heterocycles. The van der Waals surface area contributed by atoms with Crippen LogP contribution in [0.2, 0.25) is 0 Å². The summed E-state index contributed by atoms with van der Waals surface area (Å²) in [5, 5.41) is 16.8. The molecular weight excluding hydrogens is 364 g/mol. The Kier molecular flexibility index (Phi) is 6.67. The van der Waals surface area contributed by atoms with Crippen LogP contribution in [0, 0.1) is 0 Å². The van der Waals surface area contributed by atoms with Gasteiger partial charge < -0.3 is 15.2 Å². The summed E-state index contributed by atoms with van der Waals surface area (Å²) in [6.07, 6.45) is 0.168. The Bertz CT molecular complexity index is 823. The van der Waals surface area contributed by atoms with Gasteiger partial charge in [-0.05, 0) is 18.4 Å². The van der Waals surface area contributed by atoms with Gasteiger partial charge >= 0.3 is 12.1 Å². The average Bonchev–Trinajstić information content (AvgIpc) is 3.15. The van der Waals surface area contributed by atoms with E-state index in [0.29, 0.717) is 0 Å². The van der Waals surface area contributed by atoms with E-state index in [2.05, 4.69) is 20.5 Å². The number of rotatable bonds is 9. The largest absolute Gasteiger partial charge is 0.480 e. The number of aromatic amines is 1. The number of carbonyl (C=O) groups excluding carboxylic acids is 1. The Hall–Kier alpha value is -2.95. The van der Waals surface area contributed by atoms with Gasteiger partial charge in [-0.3, -0.25) is 5.10 Å². The van der Waals surface area contributed by atoms with Crippen LogP contribution in [0.4, 0.5) is 4.79 Å². The molecule has 2 aromatic rings. The molecule has 140 valence electrons. The van der Waals surface area contributed by atoms with Gasteiger partial charge in [0.25, 0.3) is 5.16 Å². The molecular formula is C15H18N4O6S. The molecule has 26 heavy (non-hydrogen) atoms. The van der Waals surface area contributed by atoms with Crippen LogP contribution in [0.5, 0.6) is 0 Å². The van der Waals surface area contributed by atoms with Gasteiger partial charge in [0.1, 0.15) is 19.0 Å². The first-order valence-corrected chi connectivity index (χ1v) is 9.32. The van der Waals surface area contributed by atoms with E-state index in [0.717, 1.165) is 11.9 Å². The maximum atomic E-state index is 11.9. The highest BCUT2D eigenvalue weighted by Gasteiger charge is 2.23. The molecule has 2 rings (SSSR count). The summed E-state index contributed by atoms with van der Waals surface area (Å²) in [4.78, 5) is 26.5. The standard InChI is InChI=1S/C15H18N4O6S/c20-13(21)12(7-4-8-26(23,24)14-16-10-17-19-14)18-15(22)25-9-11-5-2-1-3-6-11/h1-3,5-6,10,12H,4,7-9H2,(H,18,22)(H,20,21)(H,16,17,19). The van der Waals surface area contributed by atoms with E-state index in [1.165, 1.54) is 0 Å². The molecule has 0 fully saturated rings. The summed E-state index contributed by atoms with van der Waals surface area (Å²) < 4.78 is 28.8. The highest BCUT2D eigenvalue weighted by Crippen LogP contribution is 2.08. The van der Waals surface area contributed by atoms with Crippen molar-refractivity contribution in [3.63, 3.8) is 0 Å². The smallest absolute Gasteiger partial charge is 0.408 e. The van der Waals surface area contributed by atoms with Gasteiger partial charge in [-0.2, -0.15) is 0 Å². The van der Waals surface area contributed by atoms with Crippen molar-refractivity contribution in [2.24, 2.45) is 0 Å². The van der Waals surface area contributed by atoms with Crippen molar-refractivity contribution in [2.75, 3.05) is 5.75 Å². The van der Waals surface area contributed by atoms with Crippen LogP contribution in [-0.4, -0.2) is 52.6 Å². The SMILES string of the molecule is O=C(NC(CCCS(=O)(=O)c1nc[nH]n1)C(=O)O)OCc1ccccc1. The summed E-state index contributed by atoms with van der Waals surface area (Å²) >= 11 is 0. The number of nitrogens with zero attached hydrogens (tertiary/aromatic N) is 2. The molecule has 1 atom stereocenters. The third-order valence-corrected chi connectivity index (χ3v) is 4.96. The lowest BCUT2D eigenvalue weighted by Crippen LogP contribution is -2.41. The number of aliphatic carboxylic acids is 1. The molecule has 1 aromatic carbocycles. The number of amides is 1. The Morgan fingerprint density at radius 3 is 2.62 bits per heavy atom. The minimum absolute atomic E-state index is 0.00177. The normalized spacial score (nSPS) is 12.3. The van der Waals surface area contributed by atoms with E-state index in [9.17, 15) is 23.1 Å². The second-order valence-corrected chi connectivity index (χ2v) is 7.34. The van der Waals surface area contributed by atoms with Crippen molar-refractivity contribution in [3.05, 3.63) is 42.2 Å². The third-order valence-electron chi connectivity index (χ3n) is 3.38. The van der Waals surface area contributed by atoms with Crippen LogP contribution < -0.4 is 5.32 Å². The first-order chi connectivity index (χ1) is 12.4. The molecule has 0 saturated heterocycles. The molecule has 0 spiro atoms. The summed E-state index contributed by atoms with van der Waals surface area (Å²) in [5.41, 5.74) is 0.757. The number of hydrogen-bond donors (Lipinski definition) is 3. The number of carboxylic acids is 1. The van der Waals surface area contributed by atoms with Gasteiger partial charge in [-0.1, -0.05) is 30.3 Å². The Morgan fingerprint density at radius 1 is 1.27 bits per heavy atom. The summed E-state index contributed by atoms with van der Waals surface area (Å²) in [7, 11) is -3.70. The van der Waals surface area contributed by atoms with Crippen LogP contribution in [0.3, 0.4) is 0 Å². The number of nitrogens with one attached hydrogen (secondary N) is 2. The molecule has 1 heterocycles. The predicted octanol–water partition coefficient (Wildman–Crippen LogP) is 0.738. The molecule has 11 heteroatoms. The topological polar surface area (TPSA) is 151 Å². The molecule has 1 amide bonds. The molecule has 0 saturated carbocycles. The Morgan fingerprint density at radius 2 is 2.00 bits per heavy atom. The van der Waals surface area contributed by atoms with Crippen LogP contribution in [0.15, 0.2) is 41.8 Å². The lowest BCUT2D eigenvalue weighted by molar-refractivity contribution is -0.139. The van der Waals surface area contributed by atoms with Crippen molar-refractivity contribution in [1.29, 1.82) is 0 Å². The molecule has 0 radical (unpaired) electrons. The minimum Gasteiger partial charge on any atom is -0.480 e. The Balaban J connectivity index is 1.81. The number of hydrogen-bond acceptors (Lipinski definition) is 7. The molecule has 10 nitrogen and oxygen atoms in total. The first kappa shape index (κ1) is 19.4. The first-order valence-electron chi connectivity index (χ1n) is 7.67. The van der Waals surface area contributed by atoms with E-state index >= 15 is 0 Å². The maximum Gasteiger partial charge on any atom is 0.408 e. The second kappa shape index (κ2) is 8.94.